The first-order valence-electron chi connectivity index (χ1n) is 7.15. The molecule has 3 rings (SSSR count). The van der Waals surface area contributed by atoms with Crippen molar-refractivity contribution >= 4 is 11.8 Å². The average Bonchev–Trinajstić information content (AvgIpc) is 2.86. The minimum atomic E-state index is 0.0861. The maximum absolute atomic E-state index is 5.92. The minimum Gasteiger partial charge on any atom is -0.374 e. The van der Waals surface area contributed by atoms with Gasteiger partial charge in [0, 0.05) is 43.9 Å². The van der Waals surface area contributed by atoms with Crippen molar-refractivity contribution in [3.05, 3.63) is 30.2 Å². The number of nitrogens with two attached hydrogens (primary N) is 1. The predicted octanol–water partition coefficient (Wildman–Crippen LogP) is 0.859. The maximum atomic E-state index is 5.92. The van der Waals surface area contributed by atoms with Crippen LogP contribution in [0.1, 0.15) is 12.0 Å². The third-order valence-corrected chi connectivity index (χ3v) is 3.56. The molecule has 21 heavy (non-hydrogen) atoms. The SMILES string of the molecule is Cc1cnc(N)nc1N1CCCO[C@@H](Cn2cccn2)C1. The van der Waals surface area contributed by atoms with Gasteiger partial charge in [-0.25, -0.2) is 4.98 Å². The fraction of sp³-hybridized carbons (Fsp3) is 0.500. The van der Waals surface area contributed by atoms with Crippen LogP contribution in [0.4, 0.5) is 11.8 Å². The molecule has 0 amide bonds. The molecule has 0 radical (unpaired) electrons. The van der Waals surface area contributed by atoms with Crippen LogP contribution in [0.2, 0.25) is 0 Å². The second-order valence-electron chi connectivity index (χ2n) is 5.26. The van der Waals surface area contributed by atoms with E-state index in [-0.39, 0.29) is 6.10 Å². The lowest BCUT2D eigenvalue weighted by Crippen LogP contribution is -2.35. The zero-order valence-electron chi connectivity index (χ0n) is 12.1. The summed E-state index contributed by atoms with van der Waals surface area (Å²) in [6.07, 6.45) is 6.56. The first-order chi connectivity index (χ1) is 10.2. The highest BCUT2D eigenvalue weighted by molar-refractivity contribution is 5.48. The quantitative estimate of drug-likeness (QED) is 0.902. The van der Waals surface area contributed by atoms with Crippen LogP contribution in [0, 0.1) is 6.92 Å². The summed E-state index contributed by atoms with van der Waals surface area (Å²) in [5.74, 6) is 1.21. The van der Waals surface area contributed by atoms with Crippen LogP contribution in [0.5, 0.6) is 0 Å². The average molecular weight is 288 g/mol. The first-order valence-corrected chi connectivity index (χ1v) is 7.15. The van der Waals surface area contributed by atoms with Gasteiger partial charge >= 0.3 is 0 Å². The van der Waals surface area contributed by atoms with Crippen molar-refractivity contribution in [2.24, 2.45) is 0 Å². The van der Waals surface area contributed by atoms with Crippen LogP contribution in [0.25, 0.3) is 0 Å². The zero-order chi connectivity index (χ0) is 14.7. The summed E-state index contributed by atoms with van der Waals surface area (Å²) in [6.45, 7) is 5.18. The first kappa shape index (κ1) is 13.8. The lowest BCUT2D eigenvalue weighted by molar-refractivity contribution is 0.0543. The van der Waals surface area contributed by atoms with Crippen molar-refractivity contribution in [1.29, 1.82) is 0 Å². The number of aryl methyl sites for hydroxylation is 1. The summed E-state index contributed by atoms with van der Waals surface area (Å²) in [5.41, 5.74) is 6.75. The number of anilines is 2. The second kappa shape index (κ2) is 6.09. The van der Waals surface area contributed by atoms with E-state index in [1.54, 1.807) is 12.4 Å². The third kappa shape index (κ3) is 3.30. The Hall–Kier alpha value is -2.15. The van der Waals surface area contributed by atoms with Crippen molar-refractivity contribution < 1.29 is 4.74 Å². The number of rotatable bonds is 3. The predicted molar refractivity (Wildman–Crippen MR) is 80.0 cm³/mol. The molecule has 2 N–H and O–H groups in total. The molecule has 1 fully saturated rings. The lowest BCUT2D eigenvalue weighted by Gasteiger charge is -2.26. The van der Waals surface area contributed by atoms with E-state index in [2.05, 4.69) is 20.0 Å². The van der Waals surface area contributed by atoms with Gasteiger partial charge in [-0.2, -0.15) is 10.1 Å². The Kier molecular flexibility index (Phi) is 4.01. The van der Waals surface area contributed by atoms with Crippen LogP contribution < -0.4 is 10.6 Å². The van der Waals surface area contributed by atoms with Crippen molar-refractivity contribution in [3.63, 3.8) is 0 Å². The van der Waals surface area contributed by atoms with Crippen molar-refractivity contribution in [2.75, 3.05) is 30.3 Å². The Morgan fingerprint density at radius 3 is 3.19 bits per heavy atom. The molecule has 0 unspecified atom stereocenters. The van der Waals surface area contributed by atoms with E-state index in [4.69, 9.17) is 10.5 Å². The summed E-state index contributed by atoms with van der Waals surface area (Å²) in [4.78, 5) is 10.6. The molecule has 1 atom stereocenters. The van der Waals surface area contributed by atoms with Crippen molar-refractivity contribution in [3.8, 4) is 0 Å². The Bertz CT molecular complexity index is 585. The molecule has 0 bridgehead atoms. The largest absolute Gasteiger partial charge is 0.374 e. The van der Waals surface area contributed by atoms with Crippen LogP contribution in [-0.2, 0) is 11.3 Å². The van der Waals surface area contributed by atoms with E-state index < -0.39 is 0 Å². The van der Waals surface area contributed by atoms with Crippen molar-refractivity contribution in [1.82, 2.24) is 19.7 Å². The zero-order valence-corrected chi connectivity index (χ0v) is 12.1. The fourth-order valence-electron chi connectivity index (χ4n) is 2.58. The number of hydrogen-bond donors (Lipinski definition) is 1. The number of aromatic nitrogens is 4. The van der Waals surface area contributed by atoms with Gasteiger partial charge in [-0.15, -0.1) is 0 Å². The molecule has 112 valence electrons. The minimum absolute atomic E-state index is 0.0861. The molecule has 1 saturated heterocycles. The van der Waals surface area contributed by atoms with Crippen LogP contribution >= 0.6 is 0 Å². The Morgan fingerprint density at radius 2 is 2.38 bits per heavy atom. The molecule has 0 aliphatic carbocycles. The summed E-state index contributed by atoms with van der Waals surface area (Å²) >= 11 is 0. The molecule has 3 heterocycles. The highest BCUT2D eigenvalue weighted by Crippen LogP contribution is 2.20. The monoisotopic (exact) mass is 288 g/mol. The van der Waals surface area contributed by atoms with Crippen LogP contribution in [-0.4, -0.2) is 45.5 Å². The van der Waals surface area contributed by atoms with E-state index in [9.17, 15) is 0 Å². The maximum Gasteiger partial charge on any atom is 0.221 e. The number of hydrogen-bond acceptors (Lipinski definition) is 6. The molecule has 7 heteroatoms. The summed E-state index contributed by atoms with van der Waals surface area (Å²) in [7, 11) is 0. The molecule has 2 aromatic rings. The van der Waals surface area contributed by atoms with Gasteiger partial charge < -0.3 is 15.4 Å². The van der Waals surface area contributed by atoms with E-state index in [1.165, 1.54) is 0 Å². The van der Waals surface area contributed by atoms with E-state index >= 15 is 0 Å². The summed E-state index contributed by atoms with van der Waals surface area (Å²) in [6, 6.07) is 1.92. The standard InChI is InChI=1S/C14H20N6O/c1-11-8-16-14(15)18-13(11)19-5-3-7-21-12(9-19)10-20-6-2-4-17-20/h2,4,6,8,12H,3,5,7,9-10H2,1H3,(H2,15,16,18)/t12-/m1/s1. The Labute approximate surface area is 123 Å². The summed E-state index contributed by atoms with van der Waals surface area (Å²) < 4.78 is 7.82. The Morgan fingerprint density at radius 1 is 1.48 bits per heavy atom. The van der Waals surface area contributed by atoms with Gasteiger partial charge in [0.25, 0.3) is 0 Å². The molecule has 7 nitrogen and oxygen atoms in total. The molecule has 1 aliphatic rings. The normalized spacial score (nSPS) is 19.5. The molecule has 1 aliphatic heterocycles. The van der Waals surface area contributed by atoms with Gasteiger partial charge in [0.05, 0.1) is 12.6 Å². The molecular weight excluding hydrogens is 268 g/mol. The topological polar surface area (TPSA) is 82.1 Å². The molecule has 0 spiro atoms. The van der Waals surface area contributed by atoms with Crippen molar-refractivity contribution in [2.45, 2.75) is 26.0 Å². The van der Waals surface area contributed by atoms with E-state index in [0.29, 0.717) is 5.95 Å². The molecular formula is C14H20N6O. The van der Waals surface area contributed by atoms with Crippen LogP contribution in [0.15, 0.2) is 24.7 Å². The van der Waals surface area contributed by atoms with Gasteiger partial charge in [0.1, 0.15) is 5.82 Å². The Balaban J connectivity index is 1.76. The molecule has 0 saturated carbocycles. The number of nitrogen functional groups attached to an aromatic ring is 1. The molecule has 2 aromatic heterocycles. The van der Waals surface area contributed by atoms with Gasteiger partial charge in [-0.05, 0) is 19.4 Å². The van der Waals surface area contributed by atoms with Gasteiger partial charge in [0.15, 0.2) is 0 Å². The fourth-order valence-corrected chi connectivity index (χ4v) is 2.58. The number of nitrogens with zero attached hydrogens (tertiary/aromatic N) is 5. The van der Waals surface area contributed by atoms with Crippen LogP contribution in [0.3, 0.4) is 0 Å². The second-order valence-corrected chi connectivity index (χ2v) is 5.26. The number of ether oxygens (including phenoxy) is 1. The van der Waals surface area contributed by atoms with Gasteiger partial charge in [-0.3, -0.25) is 4.68 Å². The highest BCUT2D eigenvalue weighted by atomic mass is 16.5. The summed E-state index contributed by atoms with van der Waals surface area (Å²) in [5, 5.41) is 4.24. The molecule has 0 aromatic carbocycles. The van der Waals surface area contributed by atoms with E-state index in [1.807, 2.05) is 23.9 Å². The van der Waals surface area contributed by atoms with E-state index in [0.717, 1.165) is 44.0 Å². The lowest BCUT2D eigenvalue weighted by atomic mass is 10.2. The third-order valence-electron chi connectivity index (χ3n) is 3.56. The highest BCUT2D eigenvalue weighted by Gasteiger charge is 2.21. The van der Waals surface area contributed by atoms with Gasteiger partial charge in [0.2, 0.25) is 5.95 Å². The smallest absolute Gasteiger partial charge is 0.221 e. The van der Waals surface area contributed by atoms with Gasteiger partial charge in [-0.1, -0.05) is 0 Å².